The fourth-order valence-electron chi connectivity index (χ4n) is 2.67. The number of amides is 1. The van der Waals surface area contributed by atoms with Gasteiger partial charge in [0.2, 0.25) is 5.91 Å². The molecule has 108 valence electrons. The van der Waals surface area contributed by atoms with E-state index >= 15 is 0 Å². The quantitative estimate of drug-likeness (QED) is 0.652. The molecule has 0 radical (unpaired) electrons. The van der Waals surface area contributed by atoms with Gasteiger partial charge in [-0.25, -0.2) is 0 Å². The summed E-state index contributed by atoms with van der Waals surface area (Å²) in [5.41, 5.74) is 6.92. The zero-order chi connectivity index (χ0) is 14.7. The third-order valence-electron chi connectivity index (χ3n) is 3.84. The van der Waals surface area contributed by atoms with Crippen molar-refractivity contribution < 1.29 is 9.72 Å². The maximum absolute atomic E-state index is 11.1. The Morgan fingerprint density at radius 3 is 2.55 bits per heavy atom. The first kappa shape index (κ1) is 14.3. The molecule has 1 aromatic rings. The number of nitrogens with zero attached hydrogens (tertiary/aromatic N) is 1. The summed E-state index contributed by atoms with van der Waals surface area (Å²) in [6, 6.07) is 5.20. The number of anilines is 1. The standard InChI is InChI=1S/C14H19N3O3/c1-9-2-7-13(17(19)20)12(8-9)16-11-5-3-10(4-6-11)14(15)18/h2,7-8,10-11,16H,3-6H2,1H3,(H2,15,18). The number of nitrogens with two attached hydrogens (primary N) is 1. The summed E-state index contributed by atoms with van der Waals surface area (Å²) in [5.74, 6) is -0.300. The van der Waals surface area contributed by atoms with Gasteiger partial charge in [-0.1, -0.05) is 6.07 Å². The number of aryl methyl sites for hydroxylation is 1. The normalized spacial score (nSPS) is 22.2. The highest BCUT2D eigenvalue weighted by Gasteiger charge is 2.26. The number of rotatable bonds is 4. The molecule has 0 aliphatic heterocycles. The van der Waals surface area contributed by atoms with E-state index in [-0.39, 0.29) is 28.5 Å². The van der Waals surface area contributed by atoms with E-state index in [0.29, 0.717) is 5.69 Å². The predicted molar refractivity (Wildman–Crippen MR) is 76.4 cm³/mol. The molecule has 6 nitrogen and oxygen atoms in total. The molecule has 0 bridgehead atoms. The molecule has 1 fully saturated rings. The fourth-order valence-corrected chi connectivity index (χ4v) is 2.67. The monoisotopic (exact) mass is 277 g/mol. The third-order valence-corrected chi connectivity index (χ3v) is 3.84. The van der Waals surface area contributed by atoms with E-state index in [4.69, 9.17) is 5.73 Å². The van der Waals surface area contributed by atoms with Crippen molar-refractivity contribution in [3.05, 3.63) is 33.9 Å². The van der Waals surface area contributed by atoms with Crippen LogP contribution in [0.15, 0.2) is 18.2 Å². The molecular formula is C14H19N3O3. The first-order valence-corrected chi connectivity index (χ1v) is 6.78. The molecule has 2 rings (SSSR count). The zero-order valence-electron chi connectivity index (χ0n) is 11.5. The van der Waals surface area contributed by atoms with Crippen LogP contribution in [0.2, 0.25) is 0 Å². The molecule has 0 unspecified atom stereocenters. The predicted octanol–water partition coefficient (Wildman–Crippen LogP) is 2.36. The van der Waals surface area contributed by atoms with Gasteiger partial charge < -0.3 is 11.1 Å². The number of carbonyl (C=O) groups excluding carboxylic acids is 1. The van der Waals surface area contributed by atoms with Crippen LogP contribution < -0.4 is 11.1 Å². The first-order valence-electron chi connectivity index (χ1n) is 6.78. The van der Waals surface area contributed by atoms with Crippen molar-refractivity contribution >= 4 is 17.3 Å². The van der Waals surface area contributed by atoms with Crippen LogP contribution in [-0.4, -0.2) is 16.9 Å². The molecule has 1 saturated carbocycles. The Morgan fingerprint density at radius 1 is 1.35 bits per heavy atom. The van der Waals surface area contributed by atoms with Crippen LogP contribution in [0, 0.1) is 23.0 Å². The molecule has 0 aromatic heterocycles. The first-order chi connectivity index (χ1) is 9.47. The molecule has 1 aliphatic carbocycles. The Kier molecular flexibility index (Phi) is 4.22. The fraction of sp³-hybridized carbons (Fsp3) is 0.500. The number of hydrogen-bond donors (Lipinski definition) is 2. The van der Waals surface area contributed by atoms with Gasteiger partial charge in [-0.05, 0) is 44.2 Å². The van der Waals surface area contributed by atoms with Gasteiger partial charge in [-0.15, -0.1) is 0 Å². The number of nitrogens with one attached hydrogen (secondary N) is 1. The Balaban J connectivity index is 2.06. The summed E-state index contributed by atoms with van der Waals surface area (Å²) in [4.78, 5) is 21.8. The largest absolute Gasteiger partial charge is 0.377 e. The van der Waals surface area contributed by atoms with Crippen molar-refractivity contribution in [3.8, 4) is 0 Å². The summed E-state index contributed by atoms with van der Waals surface area (Å²) in [6.45, 7) is 1.90. The van der Waals surface area contributed by atoms with Crippen LogP contribution in [0.1, 0.15) is 31.2 Å². The van der Waals surface area contributed by atoms with Crippen LogP contribution in [0.3, 0.4) is 0 Å². The van der Waals surface area contributed by atoms with Gasteiger partial charge in [-0.3, -0.25) is 14.9 Å². The van der Waals surface area contributed by atoms with E-state index in [1.807, 2.05) is 6.92 Å². The van der Waals surface area contributed by atoms with E-state index in [0.717, 1.165) is 31.2 Å². The van der Waals surface area contributed by atoms with Gasteiger partial charge in [0, 0.05) is 18.0 Å². The molecule has 1 aromatic carbocycles. The highest BCUT2D eigenvalue weighted by molar-refractivity contribution is 5.76. The molecule has 6 heteroatoms. The van der Waals surface area contributed by atoms with Gasteiger partial charge in [0.1, 0.15) is 5.69 Å². The van der Waals surface area contributed by atoms with Crippen molar-refractivity contribution in [3.63, 3.8) is 0 Å². The maximum atomic E-state index is 11.1. The number of nitro groups is 1. The number of primary amides is 1. The van der Waals surface area contributed by atoms with Crippen molar-refractivity contribution in [2.75, 3.05) is 5.32 Å². The zero-order valence-corrected chi connectivity index (χ0v) is 11.5. The minimum Gasteiger partial charge on any atom is -0.377 e. The van der Waals surface area contributed by atoms with E-state index in [2.05, 4.69) is 5.32 Å². The minimum atomic E-state index is -0.378. The molecule has 0 atom stereocenters. The number of hydrogen-bond acceptors (Lipinski definition) is 4. The minimum absolute atomic E-state index is 0.0551. The van der Waals surface area contributed by atoms with E-state index < -0.39 is 0 Å². The Morgan fingerprint density at radius 2 is 2.00 bits per heavy atom. The summed E-state index contributed by atoms with van der Waals surface area (Å²) in [5, 5.41) is 14.3. The number of carbonyl (C=O) groups is 1. The summed E-state index contributed by atoms with van der Waals surface area (Å²) < 4.78 is 0. The molecule has 0 spiro atoms. The molecular weight excluding hydrogens is 258 g/mol. The highest BCUT2D eigenvalue weighted by Crippen LogP contribution is 2.30. The van der Waals surface area contributed by atoms with Gasteiger partial charge in [-0.2, -0.15) is 0 Å². The van der Waals surface area contributed by atoms with Crippen molar-refractivity contribution in [1.29, 1.82) is 0 Å². The third kappa shape index (κ3) is 3.26. The van der Waals surface area contributed by atoms with Crippen LogP contribution in [0.25, 0.3) is 0 Å². The lowest BCUT2D eigenvalue weighted by Crippen LogP contribution is -2.32. The van der Waals surface area contributed by atoms with E-state index in [9.17, 15) is 14.9 Å². The van der Waals surface area contributed by atoms with Gasteiger partial charge in [0.05, 0.1) is 4.92 Å². The van der Waals surface area contributed by atoms with Crippen molar-refractivity contribution in [2.45, 2.75) is 38.6 Å². The smallest absolute Gasteiger partial charge is 0.292 e. The molecule has 3 N–H and O–H groups in total. The Hall–Kier alpha value is -2.11. The van der Waals surface area contributed by atoms with Crippen molar-refractivity contribution in [2.24, 2.45) is 11.7 Å². The summed E-state index contributed by atoms with van der Waals surface area (Å²) >= 11 is 0. The lowest BCUT2D eigenvalue weighted by Gasteiger charge is -2.28. The highest BCUT2D eigenvalue weighted by atomic mass is 16.6. The molecule has 20 heavy (non-hydrogen) atoms. The molecule has 1 amide bonds. The number of benzene rings is 1. The molecule has 0 heterocycles. The average molecular weight is 277 g/mol. The average Bonchev–Trinajstić information content (AvgIpc) is 2.39. The molecule has 0 saturated heterocycles. The van der Waals surface area contributed by atoms with E-state index in [1.165, 1.54) is 6.07 Å². The topological polar surface area (TPSA) is 98.3 Å². The van der Waals surface area contributed by atoms with Crippen LogP contribution in [-0.2, 0) is 4.79 Å². The summed E-state index contributed by atoms with van der Waals surface area (Å²) in [7, 11) is 0. The van der Waals surface area contributed by atoms with E-state index in [1.54, 1.807) is 12.1 Å². The van der Waals surface area contributed by atoms with Crippen LogP contribution in [0.5, 0.6) is 0 Å². The van der Waals surface area contributed by atoms with Gasteiger partial charge in [0.15, 0.2) is 0 Å². The second-order valence-electron chi connectivity index (χ2n) is 5.37. The van der Waals surface area contributed by atoms with Crippen LogP contribution >= 0.6 is 0 Å². The lowest BCUT2D eigenvalue weighted by molar-refractivity contribution is -0.384. The Bertz CT molecular complexity index is 522. The maximum Gasteiger partial charge on any atom is 0.292 e. The number of nitro benzene ring substituents is 1. The SMILES string of the molecule is Cc1ccc([N+](=O)[O-])c(NC2CCC(C(N)=O)CC2)c1. The van der Waals surface area contributed by atoms with Crippen LogP contribution in [0.4, 0.5) is 11.4 Å². The Labute approximate surface area is 117 Å². The van der Waals surface area contributed by atoms with Gasteiger partial charge in [0.25, 0.3) is 5.69 Å². The molecule has 1 aliphatic rings. The van der Waals surface area contributed by atoms with Crippen molar-refractivity contribution in [1.82, 2.24) is 0 Å². The second kappa shape index (κ2) is 5.90. The lowest BCUT2D eigenvalue weighted by atomic mass is 9.85. The second-order valence-corrected chi connectivity index (χ2v) is 5.37. The summed E-state index contributed by atoms with van der Waals surface area (Å²) in [6.07, 6.45) is 3.09. The van der Waals surface area contributed by atoms with Gasteiger partial charge >= 0.3 is 0 Å².